The van der Waals surface area contributed by atoms with Gasteiger partial charge in [0.1, 0.15) is 0 Å². The lowest BCUT2D eigenvalue weighted by atomic mass is 9.95. The maximum atomic E-state index is 6.17. The molecule has 1 unspecified atom stereocenters. The Morgan fingerprint density at radius 3 is 2.44 bits per heavy atom. The van der Waals surface area contributed by atoms with Crippen LogP contribution in [0.1, 0.15) is 10.4 Å². The summed E-state index contributed by atoms with van der Waals surface area (Å²) in [5.74, 6) is 0.402. The molecular weight excluding hydrogens is 285 g/mol. The Balaban J connectivity index is 2.04. The largest absolute Gasteiger partial charge is 0.330 e. The van der Waals surface area contributed by atoms with Crippen molar-refractivity contribution in [3.63, 3.8) is 0 Å². The van der Waals surface area contributed by atoms with Crippen molar-refractivity contribution >= 4 is 34.5 Å². The summed E-state index contributed by atoms with van der Waals surface area (Å²) in [6.45, 7) is 0.654. The van der Waals surface area contributed by atoms with Crippen LogP contribution in [-0.2, 0) is 12.8 Å². The summed E-state index contributed by atoms with van der Waals surface area (Å²) < 4.78 is 0.832. The molecule has 0 fully saturated rings. The van der Waals surface area contributed by atoms with Gasteiger partial charge in [0.2, 0.25) is 0 Å². The minimum Gasteiger partial charge on any atom is -0.330 e. The Kier molecular flexibility index (Phi) is 5.07. The zero-order chi connectivity index (χ0) is 13.0. The van der Waals surface area contributed by atoms with Crippen molar-refractivity contribution in [2.24, 2.45) is 11.7 Å². The molecule has 0 amide bonds. The fourth-order valence-electron chi connectivity index (χ4n) is 1.96. The Morgan fingerprint density at radius 2 is 1.83 bits per heavy atom. The third-order valence-electron chi connectivity index (χ3n) is 2.92. The molecule has 1 heterocycles. The van der Waals surface area contributed by atoms with E-state index in [9.17, 15) is 0 Å². The van der Waals surface area contributed by atoms with E-state index in [1.54, 1.807) is 11.3 Å². The first-order valence-electron chi connectivity index (χ1n) is 5.86. The maximum Gasteiger partial charge on any atom is 0.0931 e. The normalized spacial score (nSPS) is 12.6. The Labute approximate surface area is 122 Å². The van der Waals surface area contributed by atoms with Crippen LogP contribution in [0.4, 0.5) is 0 Å². The zero-order valence-corrected chi connectivity index (χ0v) is 12.2. The molecule has 18 heavy (non-hydrogen) atoms. The Hall–Kier alpha value is -0.540. The van der Waals surface area contributed by atoms with Gasteiger partial charge in [-0.15, -0.1) is 11.3 Å². The van der Waals surface area contributed by atoms with E-state index < -0.39 is 0 Å². The minimum absolute atomic E-state index is 0.402. The standard InChI is InChI=1S/C14H15Cl2NS/c15-13-4-2-1-3-11(13)7-10(9-17)8-12-5-6-14(16)18-12/h1-6,10H,7-9,17H2. The molecule has 0 spiro atoms. The van der Waals surface area contributed by atoms with E-state index in [1.807, 2.05) is 24.3 Å². The second-order valence-electron chi connectivity index (χ2n) is 4.31. The topological polar surface area (TPSA) is 26.0 Å². The number of hydrogen-bond acceptors (Lipinski definition) is 2. The smallest absolute Gasteiger partial charge is 0.0931 e. The van der Waals surface area contributed by atoms with Crippen molar-refractivity contribution in [1.82, 2.24) is 0 Å². The molecule has 0 aliphatic rings. The van der Waals surface area contributed by atoms with Crippen molar-refractivity contribution in [1.29, 1.82) is 0 Å². The second-order valence-corrected chi connectivity index (χ2v) is 6.51. The van der Waals surface area contributed by atoms with Gasteiger partial charge in [-0.3, -0.25) is 0 Å². The van der Waals surface area contributed by atoms with Crippen LogP contribution in [0, 0.1) is 5.92 Å². The quantitative estimate of drug-likeness (QED) is 0.869. The summed E-state index contributed by atoms with van der Waals surface area (Å²) in [5, 5.41) is 0.820. The molecule has 1 aromatic heterocycles. The SMILES string of the molecule is NCC(Cc1ccc(Cl)s1)Cc1ccccc1Cl. The van der Waals surface area contributed by atoms with E-state index in [2.05, 4.69) is 12.1 Å². The van der Waals surface area contributed by atoms with E-state index >= 15 is 0 Å². The number of hydrogen-bond donors (Lipinski definition) is 1. The van der Waals surface area contributed by atoms with E-state index in [4.69, 9.17) is 28.9 Å². The highest BCUT2D eigenvalue weighted by atomic mass is 35.5. The predicted octanol–water partition coefficient (Wildman–Crippen LogP) is 4.42. The van der Waals surface area contributed by atoms with Gasteiger partial charge >= 0.3 is 0 Å². The van der Waals surface area contributed by atoms with Gasteiger partial charge in [0.25, 0.3) is 0 Å². The molecule has 1 nitrogen and oxygen atoms in total. The molecule has 2 rings (SSSR count). The van der Waals surface area contributed by atoms with Gasteiger partial charge in [0.15, 0.2) is 0 Å². The van der Waals surface area contributed by atoms with E-state index in [1.165, 1.54) is 4.88 Å². The average molecular weight is 300 g/mol. The van der Waals surface area contributed by atoms with Crippen LogP contribution in [0.25, 0.3) is 0 Å². The van der Waals surface area contributed by atoms with E-state index in [-0.39, 0.29) is 0 Å². The lowest BCUT2D eigenvalue weighted by molar-refractivity contribution is 0.537. The molecule has 2 aromatic rings. The van der Waals surface area contributed by atoms with Gasteiger partial charge < -0.3 is 5.73 Å². The Bertz CT molecular complexity index is 510. The monoisotopic (exact) mass is 299 g/mol. The highest BCUT2D eigenvalue weighted by molar-refractivity contribution is 7.16. The van der Waals surface area contributed by atoms with Crippen LogP contribution in [-0.4, -0.2) is 6.54 Å². The van der Waals surface area contributed by atoms with Crippen LogP contribution in [0.3, 0.4) is 0 Å². The molecule has 0 saturated carbocycles. The molecule has 4 heteroatoms. The average Bonchev–Trinajstić information content (AvgIpc) is 2.76. The Morgan fingerprint density at radius 1 is 1.06 bits per heavy atom. The number of halogens is 2. The van der Waals surface area contributed by atoms with Gasteiger partial charge in [0.05, 0.1) is 4.34 Å². The van der Waals surface area contributed by atoms with Crippen molar-refractivity contribution in [2.45, 2.75) is 12.8 Å². The van der Waals surface area contributed by atoms with E-state index in [0.29, 0.717) is 12.5 Å². The van der Waals surface area contributed by atoms with Crippen LogP contribution >= 0.6 is 34.5 Å². The van der Waals surface area contributed by atoms with Crippen LogP contribution in [0.5, 0.6) is 0 Å². The summed E-state index contributed by atoms with van der Waals surface area (Å²) in [4.78, 5) is 1.28. The predicted molar refractivity (Wildman–Crippen MR) is 80.7 cm³/mol. The van der Waals surface area contributed by atoms with Crippen LogP contribution in [0.15, 0.2) is 36.4 Å². The van der Waals surface area contributed by atoms with Crippen molar-refractivity contribution in [2.75, 3.05) is 6.54 Å². The molecule has 0 aliphatic carbocycles. The maximum absolute atomic E-state index is 6.17. The van der Waals surface area contributed by atoms with Gasteiger partial charge in [-0.1, -0.05) is 41.4 Å². The van der Waals surface area contributed by atoms with Crippen molar-refractivity contribution in [3.05, 3.63) is 56.2 Å². The van der Waals surface area contributed by atoms with Gasteiger partial charge in [-0.05, 0) is 49.1 Å². The minimum atomic E-state index is 0.402. The second kappa shape index (κ2) is 6.58. The molecule has 96 valence electrons. The summed E-state index contributed by atoms with van der Waals surface area (Å²) in [5.41, 5.74) is 7.02. The fraction of sp³-hybridized carbons (Fsp3) is 0.286. The highest BCUT2D eigenvalue weighted by Crippen LogP contribution is 2.26. The molecule has 0 bridgehead atoms. The lowest BCUT2D eigenvalue weighted by Crippen LogP contribution is -2.19. The first kappa shape index (κ1) is 13.9. The number of thiophene rings is 1. The van der Waals surface area contributed by atoms with Crippen molar-refractivity contribution < 1.29 is 0 Å². The summed E-state index contributed by atoms with van der Waals surface area (Å²) in [6, 6.07) is 11.9. The summed E-state index contributed by atoms with van der Waals surface area (Å²) in [6.07, 6.45) is 1.87. The molecule has 1 atom stereocenters. The fourth-order valence-corrected chi connectivity index (χ4v) is 3.37. The number of benzene rings is 1. The third-order valence-corrected chi connectivity index (χ3v) is 4.54. The molecular formula is C14H15Cl2NS. The summed E-state index contributed by atoms with van der Waals surface area (Å²) in [7, 11) is 0. The highest BCUT2D eigenvalue weighted by Gasteiger charge is 2.12. The molecule has 2 N–H and O–H groups in total. The molecule has 0 aliphatic heterocycles. The van der Waals surface area contributed by atoms with Crippen molar-refractivity contribution in [3.8, 4) is 0 Å². The first-order chi connectivity index (χ1) is 8.69. The van der Waals surface area contributed by atoms with Gasteiger partial charge in [-0.2, -0.15) is 0 Å². The summed E-state index contributed by atoms with van der Waals surface area (Å²) >= 11 is 13.7. The van der Waals surface area contributed by atoms with E-state index in [0.717, 1.165) is 27.8 Å². The van der Waals surface area contributed by atoms with Crippen LogP contribution in [0.2, 0.25) is 9.36 Å². The molecule has 0 saturated heterocycles. The molecule has 1 aromatic carbocycles. The molecule has 0 radical (unpaired) electrons. The van der Waals surface area contributed by atoms with Gasteiger partial charge in [0, 0.05) is 9.90 Å². The lowest BCUT2D eigenvalue weighted by Gasteiger charge is -2.14. The number of rotatable bonds is 5. The zero-order valence-electron chi connectivity index (χ0n) is 9.90. The third kappa shape index (κ3) is 3.72. The number of nitrogens with two attached hydrogens (primary N) is 1. The van der Waals surface area contributed by atoms with Crippen LogP contribution < -0.4 is 5.73 Å². The first-order valence-corrected chi connectivity index (χ1v) is 7.44. The van der Waals surface area contributed by atoms with Gasteiger partial charge in [-0.25, -0.2) is 0 Å².